The Morgan fingerprint density at radius 3 is 2.71 bits per heavy atom. The van der Waals surface area contributed by atoms with Crippen LogP contribution in [0.4, 0.5) is 0 Å². The second-order valence-corrected chi connectivity index (χ2v) is 3.28. The number of hydrogen-bond donors (Lipinski definition) is 0. The van der Waals surface area contributed by atoms with Gasteiger partial charge in [0.25, 0.3) is 0 Å². The molecule has 0 bridgehead atoms. The average Bonchev–Trinajstić information content (AvgIpc) is 2.18. The van der Waals surface area contributed by atoms with E-state index in [0.29, 0.717) is 13.2 Å². The van der Waals surface area contributed by atoms with Crippen molar-refractivity contribution in [1.29, 1.82) is 0 Å². The molecule has 0 spiro atoms. The third-order valence-electron chi connectivity index (χ3n) is 1.83. The molecule has 0 amide bonds. The van der Waals surface area contributed by atoms with Gasteiger partial charge in [0.2, 0.25) is 0 Å². The molecule has 0 aromatic heterocycles. The van der Waals surface area contributed by atoms with Crippen molar-refractivity contribution in [3.63, 3.8) is 0 Å². The third kappa shape index (κ3) is 4.28. The van der Waals surface area contributed by atoms with Crippen molar-refractivity contribution in [2.45, 2.75) is 20.3 Å². The topological polar surface area (TPSA) is 18.5 Å². The second kappa shape index (κ2) is 6.44. The Morgan fingerprint density at radius 1 is 1.14 bits per heavy atom. The van der Waals surface area contributed by atoms with E-state index in [1.165, 1.54) is 5.56 Å². The van der Waals surface area contributed by atoms with Crippen LogP contribution in [0.5, 0.6) is 5.75 Å². The summed E-state index contributed by atoms with van der Waals surface area (Å²) in [5, 5.41) is 0. The fraction of sp³-hybridized carbons (Fsp3) is 0.500. The number of benzene rings is 1. The van der Waals surface area contributed by atoms with Crippen LogP contribution in [0.2, 0.25) is 0 Å². The summed E-state index contributed by atoms with van der Waals surface area (Å²) in [6, 6.07) is 8.05. The number of rotatable bonds is 6. The average molecular weight is 194 g/mol. The molecule has 0 saturated carbocycles. The van der Waals surface area contributed by atoms with E-state index in [1.807, 2.05) is 18.2 Å². The Kier molecular flexibility index (Phi) is 5.08. The highest BCUT2D eigenvalue weighted by atomic mass is 16.5. The molecule has 2 nitrogen and oxygen atoms in total. The maximum atomic E-state index is 5.51. The Balaban J connectivity index is 2.18. The van der Waals surface area contributed by atoms with Gasteiger partial charge >= 0.3 is 0 Å². The van der Waals surface area contributed by atoms with Gasteiger partial charge in [-0.25, -0.2) is 0 Å². The number of hydrogen-bond acceptors (Lipinski definition) is 2. The van der Waals surface area contributed by atoms with E-state index in [2.05, 4.69) is 19.9 Å². The Bertz CT molecular complexity index is 258. The summed E-state index contributed by atoms with van der Waals surface area (Å²) >= 11 is 0. The SMILES string of the molecule is CCCOCCOc1cccc(C)c1. The highest BCUT2D eigenvalue weighted by Crippen LogP contribution is 2.11. The van der Waals surface area contributed by atoms with Crippen molar-refractivity contribution < 1.29 is 9.47 Å². The van der Waals surface area contributed by atoms with Crippen molar-refractivity contribution in [3.05, 3.63) is 29.8 Å². The van der Waals surface area contributed by atoms with Crippen LogP contribution in [0.25, 0.3) is 0 Å². The van der Waals surface area contributed by atoms with Crippen LogP contribution in [0.15, 0.2) is 24.3 Å². The fourth-order valence-corrected chi connectivity index (χ4v) is 1.17. The van der Waals surface area contributed by atoms with Gasteiger partial charge in [-0.2, -0.15) is 0 Å². The second-order valence-electron chi connectivity index (χ2n) is 3.28. The molecule has 0 heterocycles. The predicted octanol–water partition coefficient (Wildman–Crippen LogP) is 2.80. The lowest BCUT2D eigenvalue weighted by molar-refractivity contribution is 0.101. The van der Waals surface area contributed by atoms with Crippen molar-refractivity contribution in [3.8, 4) is 5.75 Å². The Morgan fingerprint density at radius 2 is 2.00 bits per heavy atom. The standard InChI is InChI=1S/C12H18O2/c1-3-7-13-8-9-14-12-6-4-5-11(2)10-12/h4-6,10H,3,7-9H2,1-2H3. The molecular weight excluding hydrogens is 176 g/mol. The Hall–Kier alpha value is -1.02. The quantitative estimate of drug-likeness (QED) is 0.648. The molecule has 78 valence electrons. The van der Waals surface area contributed by atoms with Gasteiger partial charge in [-0.3, -0.25) is 0 Å². The summed E-state index contributed by atoms with van der Waals surface area (Å²) in [6.07, 6.45) is 1.06. The third-order valence-corrected chi connectivity index (χ3v) is 1.83. The van der Waals surface area contributed by atoms with E-state index in [4.69, 9.17) is 9.47 Å². The largest absolute Gasteiger partial charge is 0.491 e. The summed E-state index contributed by atoms with van der Waals surface area (Å²) in [5.41, 5.74) is 1.22. The first-order valence-corrected chi connectivity index (χ1v) is 5.10. The van der Waals surface area contributed by atoms with E-state index in [1.54, 1.807) is 0 Å². The summed E-state index contributed by atoms with van der Waals surface area (Å²) in [6.45, 7) is 6.27. The highest BCUT2D eigenvalue weighted by molar-refractivity contribution is 5.27. The fourth-order valence-electron chi connectivity index (χ4n) is 1.17. The van der Waals surface area contributed by atoms with E-state index in [9.17, 15) is 0 Å². The van der Waals surface area contributed by atoms with Crippen molar-refractivity contribution in [2.24, 2.45) is 0 Å². The molecular formula is C12H18O2. The molecule has 0 radical (unpaired) electrons. The number of ether oxygens (including phenoxy) is 2. The smallest absolute Gasteiger partial charge is 0.119 e. The molecule has 0 aliphatic heterocycles. The van der Waals surface area contributed by atoms with Gasteiger partial charge in [0, 0.05) is 6.61 Å². The molecule has 0 N–H and O–H groups in total. The van der Waals surface area contributed by atoms with Crippen LogP contribution in [0.1, 0.15) is 18.9 Å². The molecule has 1 rings (SSSR count). The number of aryl methyl sites for hydroxylation is 1. The molecule has 0 saturated heterocycles. The molecule has 0 aliphatic carbocycles. The summed E-state index contributed by atoms with van der Waals surface area (Å²) in [4.78, 5) is 0. The maximum Gasteiger partial charge on any atom is 0.119 e. The maximum absolute atomic E-state index is 5.51. The summed E-state index contributed by atoms with van der Waals surface area (Å²) < 4.78 is 10.8. The van der Waals surface area contributed by atoms with Crippen LogP contribution < -0.4 is 4.74 Å². The van der Waals surface area contributed by atoms with E-state index >= 15 is 0 Å². The van der Waals surface area contributed by atoms with Crippen LogP contribution in [-0.4, -0.2) is 19.8 Å². The first-order valence-electron chi connectivity index (χ1n) is 5.10. The monoisotopic (exact) mass is 194 g/mol. The molecule has 0 fully saturated rings. The molecule has 2 heteroatoms. The van der Waals surface area contributed by atoms with Crippen LogP contribution in [-0.2, 0) is 4.74 Å². The van der Waals surface area contributed by atoms with Gasteiger partial charge in [0.05, 0.1) is 6.61 Å². The van der Waals surface area contributed by atoms with Crippen molar-refractivity contribution in [2.75, 3.05) is 19.8 Å². The molecule has 1 aromatic carbocycles. The van der Waals surface area contributed by atoms with Gasteiger partial charge in [-0.15, -0.1) is 0 Å². The zero-order valence-electron chi connectivity index (χ0n) is 8.95. The zero-order chi connectivity index (χ0) is 10.2. The minimum absolute atomic E-state index is 0.628. The molecule has 1 aromatic rings. The lowest BCUT2D eigenvalue weighted by Crippen LogP contribution is -2.07. The van der Waals surface area contributed by atoms with Crippen LogP contribution in [0, 0.1) is 6.92 Å². The molecule has 0 aliphatic rings. The van der Waals surface area contributed by atoms with Crippen LogP contribution >= 0.6 is 0 Å². The minimum atomic E-state index is 0.628. The van der Waals surface area contributed by atoms with E-state index in [0.717, 1.165) is 18.8 Å². The summed E-state index contributed by atoms with van der Waals surface area (Å²) in [5.74, 6) is 0.921. The van der Waals surface area contributed by atoms with Gasteiger partial charge in [-0.05, 0) is 31.0 Å². The molecule has 14 heavy (non-hydrogen) atoms. The zero-order valence-corrected chi connectivity index (χ0v) is 8.95. The van der Waals surface area contributed by atoms with Gasteiger partial charge in [0.15, 0.2) is 0 Å². The van der Waals surface area contributed by atoms with Crippen molar-refractivity contribution >= 4 is 0 Å². The predicted molar refractivity (Wildman–Crippen MR) is 57.8 cm³/mol. The Labute approximate surface area is 85.8 Å². The normalized spacial score (nSPS) is 10.1. The van der Waals surface area contributed by atoms with E-state index in [-0.39, 0.29) is 0 Å². The van der Waals surface area contributed by atoms with Gasteiger partial charge in [0.1, 0.15) is 12.4 Å². The van der Waals surface area contributed by atoms with E-state index < -0.39 is 0 Å². The summed E-state index contributed by atoms with van der Waals surface area (Å²) in [7, 11) is 0. The van der Waals surface area contributed by atoms with Gasteiger partial charge < -0.3 is 9.47 Å². The lowest BCUT2D eigenvalue weighted by atomic mass is 10.2. The first-order chi connectivity index (χ1) is 6.83. The molecule has 0 atom stereocenters. The lowest BCUT2D eigenvalue weighted by Gasteiger charge is -2.06. The van der Waals surface area contributed by atoms with Crippen LogP contribution in [0.3, 0.4) is 0 Å². The first kappa shape index (κ1) is 11.1. The van der Waals surface area contributed by atoms with Gasteiger partial charge in [-0.1, -0.05) is 19.1 Å². The molecule has 0 unspecified atom stereocenters. The van der Waals surface area contributed by atoms with Crippen molar-refractivity contribution in [1.82, 2.24) is 0 Å². The minimum Gasteiger partial charge on any atom is -0.491 e. The highest BCUT2D eigenvalue weighted by Gasteiger charge is 1.93.